The van der Waals surface area contributed by atoms with Gasteiger partial charge in [0, 0.05) is 6.04 Å². The van der Waals surface area contributed by atoms with Crippen LogP contribution in [0.5, 0.6) is 11.5 Å². The molecule has 0 aliphatic heterocycles. The zero-order valence-corrected chi connectivity index (χ0v) is 11.3. The van der Waals surface area contributed by atoms with E-state index in [0.717, 1.165) is 36.0 Å². The first-order valence-corrected chi connectivity index (χ1v) is 6.77. The lowest BCUT2D eigenvalue weighted by Gasteiger charge is -2.25. The summed E-state index contributed by atoms with van der Waals surface area (Å²) in [6, 6.07) is 5.77. The van der Waals surface area contributed by atoms with E-state index in [1.165, 1.54) is 19.3 Å². The number of ether oxygens (including phenoxy) is 2. The number of hydrogen-bond acceptors (Lipinski definition) is 3. The van der Waals surface area contributed by atoms with Gasteiger partial charge in [-0.2, -0.15) is 0 Å². The first-order valence-electron chi connectivity index (χ1n) is 6.77. The van der Waals surface area contributed by atoms with Gasteiger partial charge >= 0.3 is 0 Å². The monoisotopic (exact) mass is 249 g/mol. The molecule has 0 amide bonds. The summed E-state index contributed by atoms with van der Waals surface area (Å²) in [4.78, 5) is 0. The minimum Gasteiger partial charge on any atom is -0.496 e. The van der Waals surface area contributed by atoms with E-state index >= 15 is 0 Å². The van der Waals surface area contributed by atoms with Crippen molar-refractivity contribution in [1.29, 1.82) is 0 Å². The molecule has 1 aromatic rings. The maximum Gasteiger partial charge on any atom is 0.127 e. The largest absolute Gasteiger partial charge is 0.496 e. The van der Waals surface area contributed by atoms with Crippen molar-refractivity contribution in [2.24, 2.45) is 11.7 Å². The quantitative estimate of drug-likeness (QED) is 0.841. The van der Waals surface area contributed by atoms with Crippen LogP contribution in [-0.2, 0) is 0 Å². The molecule has 2 rings (SSSR count). The minimum atomic E-state index is -0.0835. The maximum atomic E-state index is 6.00. The molecule has 0 spiro atoms. The first-order chi connectivity index (χ1) is 8.72. The number of hydrogen-bond donors (Lipinski definition) is 1. The van der Waals surface area contributed by atoms with Crippen molar-refractivity contribution in [2.45, 2.75) is 38.6 Å². The zero-order chi connectivity index (χ0) is 13.0. The molecule has 0 aromatic heterocycles. The lowest BCUT2D eigenvalue weighted by atomic mass is 9.83. The third-order valence-corrected chi connectivity index (χ3v) is 3.71. The number of benzene rings is 1. The van der Waals surface area contributed by atoms with E-state index in [2.05, 4.69) is 0 Å². The normalized spacial score (nSPS) is 17.1. The van der Waals surface area contributed by atoms with Crippen LogP contribution in [0.25, 0.3) is 0 Å². The van der Waals surface area contributed by atoms with Crippen LogP contribution >= 0.6 is 0 Å². The van der Waals surface area contributed by atoms with Crippen LogP contribution in [0.15, 0.2) is 18.2 Å². The summed E-state index contributed by atoms with van der Waals surface area (Å²) in [6.45, 7) is 2.73. The second kappa shape index (κ2) is 6.10. The van der Waals surface area contributed by atoms with Crippen LogP contribution in [0.3, 0.4) is 0 Å². The molecule has 2 N–H and O–H groups in total. The van der Waals surface area contributed by atoms with Crippen molar-refractivity contribution in [3.05, 3.63) is 23.8 Å². The number of nitrogens with two attached hydrogens (primary N) is 1. The Morgan fingerprint density at radius 1 is 1.33 bits per heavy atom. The highest BCUT2D eigenvalue weighted by Gasteiger charge is 2.18. The van der Waals surface area contributed by atoms with Crippen molar-refractivity contribution in [3.63, 3.8) is 0 Å². The molecule has 3 heteroatoms. The van der Waals surface area contributed by atoms with Gasteiger partial charge in [0.25, 0.3) is 0 Å². The predicted molar refractivity (Wildman–Crippen MR) is 73.0 cm³/mol. The van der Waals surface area contributed by atoms with Crippen LogP contribution in [0.2, 0.25) is 0 Å². The van der Waals surface area contributed by atoms with Gasteiger partial charge in [0.05, 0.1) is 19.3 Å². The van der Waals surface area contributed by atoms with Gasteiger partial charge in [-0.05, 0) is 31.4 Å². The van der Waals surface area contributed by atoms with Crippen LogP contribution in [0.1, 0.15) is 44.2 Å². The van der Waals surface area contributed by atoms with Gasteiger partial charge in [-0.15, -0.1) is 0 Å². The fraction of sp³-hybridized carbons (Fsp3) is 0.600. The Bertz CT molecular complexity index is 386. The highest BCUT2D eigenvalue weighted by atomic mass is 16.5. The smallest absolute Gasteiger partial charge is 0.127 e. The van der Waals surface area contributed by atoms with E-state index in [4.69, 9.17) is 15.2 Å². The highest BCUT2D eigenvalue weighted by Crippen LogP contribution is 2.34. The Balaban J connectivity index is 2.01. The standard InChI is InChI=1S/C15H23NO2/c1-11(16)15-13(17-2)7-4-8-14(15)18-10-9-12-5-3-6-12/h4,7-8,11-12H,3,5-6,9-10,16H2,1-2H3/t11-/m0/s1. The lowest BCUT2D eigenvalue weighted by Crippen LogP contribution is -2.15. The van der Waals surface area contributed by atoms with Crippen molar-refractivity contribution >= 4 is 0 Å². The van der Waals surface area contributed by atoms with Crippen LogP contribution in [0, 0.1) is 5.92 Å². The zero-order valence-electron chi connectivity index (χ0n) is 11.3. The third kappa shape index (κ3) is 2.96. The summed E-state index contributed by atoms with van der Waals surface area (Å²) in [5.74, 6) is 2.55. The molecular formula is C15H23NO2. The molecule has 0 heterocycles. The minimum absolute atomic E-state index is 0.0835. The van der Waals surface area contributed by atoms with E-state index in [9.17, 15) is 0 Å². The fourth-order valence-corrected chi connectivity index (χ4v) is 2.39. The van der Waals surface area contributed by atoms with E-state index in [0.29, 0.717) is 0 Å². The topological polar surface area (TPSA) is 44.5 Å². The molecule has 18 heavy (non-hydrogen) atoms. The van der Waals surface area contributed by atoms with Crippen molar-refractivity contribution < 1.29 is 9.47 Å². The molecule has 0 bridgehead atoms. The lowest BCUT2D eigenvalue weighted by molar-refractivity contribution is 0.219. The van der Waals surface area contributed by atoms with Crippen molar-refractivity contribution in [2.75, 3.05) is 13.7 Å². The summed E-state index contributed by atoms with van der Waals surface area (Å²) < 4.78 is 11.2. The Labute approximate surface area is 109 Å². The molecule has 1 atom stereocenters. The molecule has 0 unspecified atom stereocenters. The average Bonchev–Trinajstić information content (AvgIpc) is 2.31. The molecule has 0 saturated heterocycles. The maximum absolute atomic E-state index is 6.00. The van der Waals surface area contributed by atoms with E-state index in [1.807, 2.05) is 25.1 Å². The van der Waals surface area contributed by atoms with Gasteiger partial charge in [-0.3, -0.25) is 0 Å². The molecule has 1 aliphatic rings. The van der Waals surface area contributed by atoms with Crippen molar-refractivity contribution in [1.82, 2.24) is 0 Å². The first kappa shape index (κ1) is 13.2. The summed E-state index contributed by atoms with van der Waals surface area (Å²) >= 11 is 0. The second-order valence-corrected chi connectivity index (χ2v) is 5.09. The molecule has 100 valence electrons. The third-order valence-electron chi connectivity index (χ3n) is 3.71. The van der Waals surface area contributed by atoms with Gasteiger partial charge in [-0.25, -0.2) is 0 Å². The van der Waals surface area contributed by atoms with E-state index < -0.39 is 0 Å². The molecule has 1 aliphatic carbocycles. The summed E-state index contributed by atoms with van der Waals surface area (Å²) in [5.41, 5.74) is 6.97. The summed E-state index contributed by atoms with van der Waals surface area (Å²) in [6.07, 6.45) is 5.26. The molecule has 1 fully saturated rings. The summed E-state index contributed by atoms with van der Waals surface area (Å²) in [7, 11) is 1.67. The van der Waals surface area contributed by atoms with Gasteiger partial charge in [0.15, 0.2) is 0 Å². The van der Waals surface area contributed by atoms with Crippen LogP contribution < -0.4 is 15.2 Å². The average molecular weight is 249 g/mol. The van der Waals surface area contributed by atoms with Crippen LogP contribution in [0.4, 0.5) is 0 Å². The highest BCUT2D eigenvalue weighted by molar-refractivity contribution is 5.46. The summed E-state index contributed by atoms with van der Waals surface area (Å²) in [5, 5.41) is 0. The van der Waals surface area contributed by atoms with Gasteiger partial charge in [0.1, 0.15) is 11.5 Å². The van der Waals surface area contributed by atoms with E-state index in [1.54, 1.807) is 7.11 Å². The Morgan fingerprint density at radius 3 is 2.61 bits per heavy atom. The molecule has 1 aromatic carbocycles. The van der Waals surface area contributed by atoms with E-state index in [-0.39, 0.29) is 6.04 Å². The molecule has 0 radical (unpaired) electrons. The SMILES string of the molecule is COc1cccc(OCCC2CCC2)c1[C@H](C)N. The van der Waals surface area contributed by atoms with Gasteiger partial charge < -0.3 is 15.2 Å². The predicted octanol–water partition coefficient (Wildman–Crippen LogP) is 3.28. The van der Waals surface area contributed by atoms with Gasteiger partial charge in [-0.1, -0.05) is 25.3 Å². The Kier molecular flexibility index (Phi) is 4.48. The molecule has 1 saturated carbocycles. The number of methoxy groups -OCH3 is 1. The van der Waals surface area contributed by atoms with Crippen molar-refractivity contribution in [3.8, 4) is 11.5 Å². The second-order valence-electron chi connectivity index (χ2n) is 5.09. The Hall–Kier alpha value is -1.22. The molecular weight excluding hydrogens is 226 g/mol. The van der Waals surface area contributed by atoms with Gasteiger partial charge in [0.2, 0.25) is 0 Å². The van der Waals surface area contributed by atoms with Crippen LogP contribution in [-0.4, -0.2) is 13.7 Å². The molecule has 3 nitrogen and oxygen atoms in total. The Morgan fingerprint density at radius 2 is 2.06 bits per heavy atom. The fourth-order valence-electron chi connectivity index (χ4n) is 2.39. The number of rotatable bonds is 6.